The van der Waals surface area contributed by atoms with Gasteiger partial charge in [-0.1, -0.05) is 6.07 Å². The van der Waals surface area contributed by atoms with Gasteiger partial charge in [0.15, 0.2) is 17.4 Å². The molecule has 0 heterocycles. The van der Waals surface area contributed by atoms with Gasteiger partial charge >= 0.3 is 0 Å². The van der Waals surface area contributed by atoms with Gasteiger partial charge in [0.25, 0.3) is 0 Å². The van der Waals surface area contributed by atoms with Gasteiger partial charge in [-0.25, -0.2) is 17.2 Å². The van der Waals surface area contributed by atoms with Gasteiger partial charge in [-0.15, -0.1) is 0 Å². The fourth-order valence-electron chi connectivity index (χ4n) is 1.74. The molecule has 0 radical (unpaired) electrons. The molecular weight excluding hydrogens is 300 g/mol. The van der Waals surface area contributed by atoms with Crippen LogP contribution in [0.25, 0.3) is 0 Å². The number of hydrogen-bond donors (Lipinski definition) is 1. The van der Waals surface area contributed by atoms with Crippen LogP contribution in [0.15, 0.2) is 42.5 Å². The number of carbonyl (C=O) groups is 1. The molecule has 7 heteroatoms. The van der Waals surface area contributed by atoms with E-state index < -0.39 is 27.4 Å². The van der Waals surface area contributed by atoms with Gasteiger partial charge in [-0.2, -0.15) is 0 Å². The molecule has 0 amide bonds. The van der Waals surface area contributed by atoms with Crippen LogP contribution in [0.2, 0.25) is 0 Å². The molecule has 0 atom stereocenters. The highest BCUT2D eigenvalue weighted by Crippen LogP contribution is 2.18. The van der Waals surface area contributed by atoms with E-state index in [9.17, 15) is 22.0 Å². The molecule has 0 aliphatic heterocycles. The molecule has 0 aliphatic carbocycles. The summed E-state index contributed by atoms with van der Waals surface area (Å²) >= 11 is 0. The van der Waals surface area contributed by atoms with Crippen molar-refractivity contribution >= 4 is 21.5 Å². The average Bonchev–Trinajstić information content (AvgIpc) is 2.40. The normalized spacial score (nSPS) is 11.2. The molecule has 21 heavy (non-hydrogen) atoms. The zero-order chi connectivity index (χ0) is 15.6. The number of nitrogens with one attached hydrogen (secondary N) is 1. The molecule has 0 bridgehead atoms. The fourth-order valence-corrected chi connectivity index (χ4v) is 2.30. The van der Waals surface area contributed by atoms with Crippen molar-refractivity contribution in [2.75, 3.05) is 11.0 Å². The number of rotatable bonds is 4. The van der Waals surface area contributed by atoms with E-state index >= 15 is 0 Å². The monoisotopic (exact) mass is 311 g/mol. The lowest BCUT2D eigenvalue weighted by molar-refractivity contribution is 0.103. The first-order chi connectivity index (χ1) is 9.78. The van der Waals surface area contributed by atoms with Crippen LogP contribution in [0.3, 0.4) is 0 Å². The van der Waals surface area contributed by atoms with Crippen LogP contribution >= 0.6 is 0 Å². The molecule has 2 aromatic carbocycles. The predicted molar refractivity (Wildman–Crippen MR) is 74.7 cm³/mol. The Bertz CT molecular complexity index is 786. The molecule has 1 N–H and O–H groups in total. The summed E-state index contributed by atoms with van der Waals surface area (Å²) in [6.07, 6.45) is 0.994. The van der Waals surface area contributed by atoms with Crippen LogP contribution in [-0.2, 0) is 10.0 Å². The maximum absolute atomic E-state index is 13.6. The van der Waals surface area contributed by atoms with Gasteiger partial charge in [0.05, 0.1) is 11.8 Å². The van der Waals surface area contributed by atoms with Crippen molar-refractivity contribution in [1.29, 1.82) is 0 Å². The maximum Gasteiger partial charge on any atom is 0.229 e. The Balaban J connectivity index is 2.30. The topological polar surface area (TPSA) is 63.2 Å². The van der Waals surface area contributed by atoms with Crippen LogP contribution in [-0.4, -0.2) is 20.5 Å². The van der Waals surface area contributed by atoms with E-state index in [0.29, 0.717) is 0 Å². The van der Waals surface area contributed by atoms with Gasteiger partial charge in [0, 0.05) is 11.3 Å². The summed E-state index contributed by atoms with van der Waals surface area (Å²) in [7, 11) is -3.42. The number of sulfonamides is 1. The summed E-state index contributed by atoms with van der Waals surface area (Å²) in [4.78, 5) is 12.1. The summed E-state index contributed by atoms with van der Waals surface area (Å²) in [5, 5.41) is 0. The number of benzene rings is 2. The van der Waals surface area contributed by atoms with E-state index in [1.165, 1.54) is 36.4 Å². The zero-order valence-electron chi connectivity index (χ0n) is 10.9. The lowest BCUT2D eigenvalue weighted by atomic mass is 10.0. The molecule has 110 valence electrons. The summed E-state index contributed by atoms with van der Waals surface area (Å²) in [6.45, 7) is 0. The van der Waals surface area contributed by atoms with Crippen molar-refractivity contribution in [3.8, 4) is 0 Å². The highest BCUT2D eigenvalue weighted by atomic mass is 32.2. The minimum atomic E-state index is -3.42. The fraction of sp³-hybridized carbons (Fsp3) is 0.0714. The summed E-state index contributed by atoms with van der Waals surface area (Å²) in [6, 6.07) is 8.75. The van der Waals surface area contributed by atoms with Crippen molar-refractivity contribution in [3.05, 3.63) is 65.2 Å². The Kier molecular flexibility index (Phi) is 4.04. The largest absolute Gasteiger partial charge is 0.288 e. The molecule has 0 unspecified atom stereocenters. The molecule has 4 nitrogen and oxygen atoms in total. The second-order valence-corrected chi connectivity index (χ2v) is 6.13. The third-order valence-electron chi connectivity index (χ3n) is 2.65. The van der Waals surface area contributed by atoms with Crippen LogP contribution in [0, 0.1) is 11.6 Å². The van der Waals surface area contributed by atoms with E-state index in [1.54, 1.807) is 0 Å². The van der Waals surface area contributed by atoms with Crippen LogP contribution in [0.4, 0.5) is 14.5 Å². The van der Waals surface area contributed by atoms with E-state index in [2.05, 4.69) is 4.72 Å². The molecule has 2 aromatic rings. The quantitative estimate of drug-likeness (QED) is 0.883. The standard InChI is InChI=1S/C14H11F2NO3S/c1-21(19,20)17-10-7-5-9(6-8-10)14(18)11-3-2-4-12(15)13(11)16/h2-8,17H,1H3. The van der Waals surface area contributed by atoms with Crippen LogP contribution in [0.1, 0.15) is 15.9 Å². The van der Waals surface area contributed by atoms with E-state index in [4.69, 9.17) is 0 Å². The number of carbonyl (C=O) groups excluding carboxylic acids is 1. The molecule has 2 rings (SSSR count). The molecule has 0 saturated heterocycles. The highest BCUT2D eigenvalue weighted by Gasteiger charge is 2.16. The molecule has 0 fully saturated rings. The Morgan fingerprint density at radius 2 is 1.67 bits per heavy atom. The number of anilines is 1. The van der Waals surface area contributed by atoms with Crippen molar-refractivity contribution in [2.45, 2.75) is 0 Å². The van der Waals surface area contributed by atoms with Crippen molar-refractivity contribution in [3.63, 3.8) is 0 Å². The third kappa shape index (κ3) is 3.63. The molecular formula is C14H11F2NO3S. The van der Waals surface area contributed by atoms with E-state index in [0.717, 1.165) is 12.3 Å². The lowest BCUT2D eigenvalue weighted by Crippen LogP contribution is -2.10. The van der Waals surface area contributed by atoms with Crippen LogP contribution in [0.5, 0.6) is 0 Å². The number of hydrogen-bond acceptors (Lipinski definition) is 3. The molecule has 0 aromatic heterocycles. The van der Waals surface area contributed by atoms with Crippen molar-refractivity contribution < 1.29 is 22.0 Å². The van der Waals surface area contributed by atoms with Gasteiger partial charge < -0.3 is 0 Å². The zero-order valence-corrected chi connectivity index (χ0v) is 11.7. The summed E-state index contributed by atoms with van der Waals surface area (Å²) in [5.41, 5.74) is 0.0196. The predicted octanol–water partition coefficient (Wildman–Crippen LogP) is 2.57. The minimum Gasteiger partial charge on any atom is -0.288 e. The SMILES string of the molecule is CS(=O)(=O)Nc1ccc(C(=O)c2cccc(F)c2F)cc1. The van der Waals surface area contributed by atoms with Gasteiger partial charge in [-0.05, 0) is 36.4 Å². The second-order valence-electron chi connectivity index (χ2n) is 4.38. The second kappa shape index (κ2) is 5.61. The molecule has 0 aliphatic rings. The highest BCUT2D eigenvalue weighted by molar-refractivity contribution is 7.92. The molecule has 0 saturated carbocycles. The average molecular weight is 311 g/mol. The van der Waals surface area contributed by atoms with E-state index in [-0.39, 0.29) is 16.8 Å². The number of halogens is 2. The summed E-state index contributed by atoms with van der Waals surface area (Å²) in [5.74, 6) is -2.99. The van der Waals surface area contributed by atoms with Gasteiger partial charge in [-0.3, -0.25) is 9.52 Å². The smallest absolute Gasteiger partial charge is 0.229 e. The van der Waals surface area contributed by atoms with E-state index in [1.807, 2.05) is 0 Å². The Morgan fingerprint density at radius 3 is 2.24 bits per heavy atom. The minimum absolute atomic E-state index is 0.124. The lowest BCUT2D eigenvalue weighted by Gasteiger charge is -2.06. The Labute approximate surface area is 120 Å². The molecule has 0 spiro atoms. The first kappa shape index (κ1) is 15.1. The van der Waals surface area contributed by atoms with Crippen molar-refractivity contribution in [2.24, 2.45) is 0 Å². The summed E-state index contributed by atoms with van der Waals surface area (Å²) < 4.78 is 51.0. The maximum atomic E-state index is 13.6. The third-order valence-corrected chi connectivity index (χ3v) is 3.25. The Hall–Kier alpha value is -2.28. The van der Waals surface area contributed by atoms with Crippen LogP contribution < -0.4 is 4.72 Å². The van der Waals surface area contributed by atoms with Crippen molar-refractivity contribution in [1.82, 2.24) is 0 Å². The van der Waals surface area contributed by atoms with Gasteiger partial charge in [0.2, 0.25) is 10.0 Å². The number of ketones is 1. The van der Waals surface area contributed by atoms with Gasteiger partial charge in [0.1, 0.15) is 0 Å². The first-order valence-electron chi connectivity index (χ1n) is 5.84. The first-order valence-corrected chi connectivity index (χ1v) is 7.73. The Morgan fingerprint density at radius 1 is 1.05 bits per heavy atom.